The molecule has 206 valence electrons. The van der Waals surface area contributed by atoms with Crippen LogP contribution < -0.4 is 10.6 Å². The third-order valence-corrected chi connectivity index (χ3v) is 9.48. The number of primary amides is 1. The average molecular weight is 586 g/mol. The summed E-state index contributed by atoms with van der Waals surface area (Å²) >= 11 is 12.3. The fraction of sp³-hybridized carbons (Fsp3) is 0.321. The van der Waals surface area contributed by atoms with Gasteiger partial charge in [-0.15, -0.1) is 0 Å². The first-order chi connectivity index (χ1) is 18.9. The zero-order chi connectivity index (χ0) is 28.8. The number of fused-ring (bicyclic) bond motifs is 4. The van der Waals surface area contributed by atoms with E-state index in [0.29, 0.717) is 10.5 Å². The maximum absolute atomic E-state index is 14.2. The molecule has 40 heavy (non-hydrogen) atoms. The van der Waals surface area contributed by atoms with Gasteiger partial charge in [0.2, 0.25) is 23.6 Å². The molecule has 6 unspecified atom stereocenters. The van der Waals surface area contributed by atoms with E-state index in [9.17, 15) is 33.5 Å². The molecule has 2 aromatic carbocycles. The largest absolute Gasteiger partial charge is 0.508 e. The van der Waals surface area contributed by atoms with Crippen molar-refractivity contribution >= 4 is 58.5 Å². The molecule has 9 nitrogen and oxygen atoms in total. The lowest BCUT2D eigenvalue weighted by molar-refractivity contribution is -0.136. The topological polar surface area (TPSA) is 138 Å². The van der Waals surface area contributed by atoms with Crippen LogP contribution in [0.25, 0.3) is 0 Å². The average Bonchev–Trinajstić information content (AvgIpc) is 3.27. The number of rotatable bonds is 2. The number of urea groups is 1. The first kappa shape index (κ1) is 26.5. The Balaban J connectivity index is 1.55. The van der Waals surface area contributed by atoms with Gasteiger partial charge in [-0.1, -0.05) is 34.9 Å². The molecule has 6 atom stereocenters. The van der Waals surface area contributed by atoms with Crippen molar-refractivity contribution in [1.29, 1.82) is 0 Å². The number of amides is 6. The van der Waals surface area contributed by atoms with Crippen LogP contribution in [0.4, 0.5) is 14.9 Å². The molecule has 3 N–H and O–H groups in total. The van der Waals surface area contributed by atoms with Crippen molar-refractivity contribution in [2.24, 2.45) is 34.8 Å². The van der Waals surface area contributed by atoms with Crippen LogP contribution in [0.2, 0.25) is 10.0 Å². The SMILES string of the molecule is CC12C(=O)N(c3ccc(F)c(Cl)c3)C(=O)C1CC1C(=CCC3C(=O)N(C(N)=O)C(=O)C31)C2c1cc(Cl)ccc1O. The number of allylic oxidation sites excluding steroid dienone is 2. The van der Waals surface area contributed by atoms with Crippen LogP contribution in [-0.4, -0.2) is 39.7 Å². The number of aromatic hydroxyl groups is 1. The maximum Gasteiger partial charge on any atom is 0.328 e. The molecule has 2 aliphatic carbocycles. The van der Waals surface area contributed by atoms with Gasteiger partial charge in [-0.3, -0.25) is 19.2 Å². The van der Waals surface area contributed by atoms with Crippen LogP contribution in [0.15, 0.2) is 48.0 Å². The van der Waals surface area contributed by atoms with Gasteiger partial charge >= 0.3 is 6.03 Å². The van der Waals surface area contributed by atoms with Crippen LogP contribution in [0.3, 0.4) is 0 Å². The van der Waals surface area contributed by atoms with Gasteiger partial charge in [0.1, 0.15) is 11.6 Å². The van der Waals surface area contributed by atoms with Crippen LogP contribution >= 0.6 is 23.2 Å². The number of likely N-dealkylation sites (tertiary alicyclic amines) is 1. The van der Waals surface area contributed by atoms with Crippen molar-refractivity contribution in [2.45, 2.75) is 25.7 Å². The van der Waals surface area contributed by atoms with Crippen LogP contribution in [0.1, 0.15) is 31.2 Å². The van der Waals surface area contributed by atoms with Crippen LogP contribution in [-0.2, 0) is 19.2 Å². The highest BCUT2D eigenvalue weighted by atomic mass is 35.5. The summed E-state index contributed by atoms with van der Waals surface area (Å²) in [6.07, 6.45) is 1.87. The number of carbonyl (C=O) groups is 5. The van der Waals surface area contributed by atoms with E-state index in [0.717, 1.165) is 11.0 Å². The lowest BCUT2D eigenvalue weighted by atomic mass is 9.51. The Morgan fingerprint density at radius 2 is 1.77 bits per heavy atom. The monoisotopic (exact) mass is 585 g/mol. The van der Waals surface area contributed by atoms with E-state index in [4.69, 9.17) is 28.9 Å². The minimum absolute atomic E-state index is 0.0168. The molecule has 0 bridgehead atoms. The summed E-state index contributed by atoms with van der Waals surface area (Å²) < 4.78 is 13.9. The molecular formula is C28H22Cl2FN3O6. The van der Waals surface area contributed by atoms with E-state index < -0.39 is 70.5 Å². The standard InChI is InChI=1S/C28H22Cl2FN3O6/c1-28-17(24(37)33(26(28)39)12-3-6-19(31)18(30)9-12)10-15-13(22(28)16-8-11(29)2-7-20(16)35)4-5-14-21(15)25(38)34(23(14)36)27(32)40/h2-4,6-9,14-15,17,21-22,35H,5,10H2,1H3,(H2,32,40). The molecule has 3 fully saturated rings. The zero-order valence-corrected chi connectivity index (χ0v) is 22.4. The molecule has 2 saturated heterocycles. The second kappa shape index (κ2) is 8.87. The number of imide groups is 4. The number of nitrogens with two attached hydrogens (primary N) is 1. The number of hydrogen-bond donors (Lipinski definition) is 2. The Kier molecular flexibility index (Phi) is 5.87. The van der Waals surface area contributed by atoms with Crippen LogP contribution in [0, 0.1) is 34.9 Å². The summed E-state index contributed by atoms with van der Waals surface area (Å²) in [7, 11) is 0. The third kappa shape index (κ3) is 3.42. The number of hydrogen-bond acceptors (Lipinski definition) is 6. The molecule has 0 aromatic heterocycles. The number of nitrogens with zero attached hydrogens (tertiary/aromatic N) is 2. The number of phenolic OH excluding ortho intramolecular Hbond substituents is 1. The van der Waals surface area contributed by atoms with E-state index in [-0.39, 0.29) is 39.9 Å². The van der Waals surface area contributed by atoms with Gasteiger partial charge in [-0.25, -0.2) is 14.1 Å². The van der Waals surface area contributed by atoms with Crippen molar-refractivity contribution in [2.75, 3.05) is 4.90 Å². The summed E-state index contributed by atoms with van der Waals surface area (Å²) in [5.74, 6) is -8.01. The zero-order valence-electron chi connectivity index (χ0n) is 20.9. The van der Waals surface area contributed by atoms with Gasteiger partial charge in [-0.05, 0) is 62.1 Å². The number of carbonyl (C=O) groups excluding carboxylic acids is 5. The van der Waals surface area contributed by atoms with Crippen molar-refractivity contribution in [3.8, 4) is 5.75 Å². The highest BCUT2D eigenvalue weighted by Crippen LogP contribution is 2.64. The highest BCUT2D eigenvalue weighted by Gasteiger charge is 2.68. The molecule has 0 spiro atoms. The Bertz CT molecular complexity index is 1590. The minimum atomic E-state index is -1.45. The first-order valence-corrected chi connectivity index (χ1v) is 13.3. The van der Waals surface area contributed by atoms with Gasteiger partial charge in [-0.2, -0.15) is 4.90 Å². The summed E-state index contributed by atoms with van der Waals surface area (Å²) in [5, 5.41) is 11.0. The minimum Gasteiger partial charge on any atom is -0.508 e. The van der Waals surface area contributed by atoms with E-state index >= 15 is 0 Å². The first-order valence-electron chi connectivity index (χ1n) is 12.6. The fourth-order valence-corrected chi connectivity index (χ4v) is 7.56. The Hall–Kier alpha value is -3.76. The lowest BCUT2D eigenvalue weighted by Crippen LogP contribution is -2.49. The maximum atomic E-state index is 14.2. The third-order valence-electron chi connectivity index (χ3n) is 8.96. The summed E-state index contributed by atoms with van der Waals surface area (Å²) in [5.41, 5.74) is 4.83. The van der Waals surface area contributed by atoms with Crippen molar-refractivity contribution in [1.82, 2.24) is 4.90 Å². The number of anilines is 1. The Morgan fingerprint density at radius 3 is 2.45 bits per heavy atom. The van der Waals surface area contributed by atoms with E-state index in [1.165, 1.54) is 30.3 Å². The molecule has 1 saturated carbocycles. The smallest absolute Gasteiger partial charge is 0.328 e. The van der Waals surface area contributed by atoms with Gasteiger partial charge in [0.25, 0.3) is 0 Å². The second-order valence-corrected chi connectivity index (χ2v) is 11.7. The molecule has 2 heterocycles. The predicted molar refractivity (Wildman–Crippen MR) is 141 cm³/mol. The van der Waals surface area contributed by atoms with Gasteiger partial charge < -0.3 is 10.8 Å². The molecule has 4 aliphatic rings. The normalized spacial score (nSPS) is 31.2. The van der Waals surface area contributed by atoms with E-state index in [1.54, 1.807) is 13.0 Å². The summed E-state index contributed by atoms with van der Waals surface area (Å²) in [4.78, 5) is 68.0. The quantitative estimate of drug-likeness (QED) is 0.401. The molecule has 6 amide bonds. The Labute approximate surface area is 237 Å². The van der Waals surface area contributed by atoms with Crippen molar-refractivity contribution in [3.63, 3.8) is 0 Å². The van der Waals surface area contributed by atoms with Gasteiger partial charge in [0, 0.05) is 16.5 Å². The number of halogens is 3. The summed E-state index contributed by atoms with van der Waals surface area (Å²) in [6, 6.07) is 6.69. The van der Waals surface area contributed by atoms with Crippen molar-refractivity contribution in [3.05, 3.63) is 69.5 Å². The molecule has 2 aliphatic heterocycles. The Morgan fingerprint density at radius 1 is 1.05 bits per heavy atom. The molecule has 12 heteroatoms. The molecule has 6 rings (SSSR count). The molecular weight excluding hydrogens is 564 g/mol. The molecule has 0 radical (unpaired) electrons. The molecule has 2 aromatic rings. The predicted octanol–water partition coefficient (Wildman–Crippen LogP) is 4.15. The van der Waals surface area contributed by atoms with Gasteiger partial charge in [0.05, 0.1) is 33.9 Å². The lowest BCUT2D eigenvalue weighted by Gasteiger charge is -2.49. The van der Waals surface area contributed by atoms with E-state index in [2.05, 4.69) is 0 Å². The van der Waals surface area contributed by atoms with Crippen molar-refractivity contribution < 1.29 is 33.5 Å². The second-order valence-electron chi connectivity index (χ2n) is 10.8. The number of benzene rings is 2. The van der Waals surface area contributed by atoms with Crippen LogP contribution in [0.5, 0.6) is 5.75 Å². The van der Waals surface area contributed by atoms with Gasteiger partial charge in [0.15, 0.2) is 0 Å². The summed E-state index contributed by atoms with van der Waals surface area (Å²) in [6.45, 7) is 1.62. The fourth-order valence-electron chi connectivity index (χ4n) is 7.20. The highest BCUT2D eigenvalue weighted by molar-refractivity contribution is 6.32. The number of phenols is 1. The van der Waals surface area contributed by atoms with E-state index in [1.807, 2.05) is 0 Å².